The van der Waals surface area contributed by atoms with Crippen molar-refractivity contribution in [1.82, 2.24) is 0 Å². The number of para-hydroxylation sites is 1. The van der Waals surface area contributed by atoms with E-state index in [1.54, 1.807) is 25.3 Å². The molecule has 0 atom stereocenters. The largest absolute Gasteiger partial charge is 0.496 e. The highest BCUT2D eigenvalue weighted by atomic mass is 16.5. The van der Waals surface area contributed by atoms with Crippen LogP contribution in [0.1, 0.15) is 10.4 Å². The second kappa shape index (κ2) is 5.67. The molecule has 0 aromatic heterocycles. The Morgan fingerprint density at radius 1 is 0.857 bits per heavy atom. The Kier molecular flexibility index (Phi) is 3.56. The number of fused-ring (bicyclic) bond motifs is 1. The topological polar surface area (TPSA) is 35.5 Å². The molecule has 3 rings (SSSR count). The maximum Gasteiger partial charge on any atom is 0.347 e. The second-order valence-corrected chi connectivity index (χ2v) is 4.57. The van der Waals surface area contributed by atoms with Gasteiger partial charge in [0.2, 0.25) is 0 Å². The maximum absolute atomic E-state index is 12.5. The summed E-state index contributed by atoms with van der Waals surface area (Å²) in [5.74, 6) is 0.599. The highest BCUT2D eigenvalue weighted by molar-refractivity contribution is 6.07. The van der Waals surface area contributed by atoms with Gasteiger partial charge in [-0.15, -0.1) is 0 Å². The molecule has 0 radical (unpaired) electrons. The van der Waals surface area contributed by atoms with Crippen LogP contribution in [0.5, 0.6) is 11.5 Å². The molecule has 0 saturated carbocycles. The molecule has 0 aliphatic heterocycles. The number of carbonyl (C=O) groups is 1. The van der Waals surface area contributed by atoms with Crippen LogP contribution in [0.4, 0.5) is 0 Å². The van der Waals surface area contributed by atoms with E-state index >= 15 is 0 Å². The summed E-state index contributed by atoms with van der Waals surface area (Å²) in [6.45, 7) is 0. The number of esters is 1. The van der Waals surface area contributed by atoms with Crippen LogP contribution in [-0.4, -0.2) is 13.1 Å². The Morgan fingerprint density at radius 2 is 1.57 bits per heavy atom. The smallest absolute Gasteiger partial charge is 0.347 e. The lowest BCUT2D eigenvalue weighted by Gasteiger charge is -2.11. The summed E-state index contributed by atoms with van der Waals surface area (Å²) in [5.41, 5.74) is 0.444. The molecule has 0 heterocycles. The number of carbonyl (C=O) groups excluding carboxylic acids is 1. The highest BCUT2D eigenvalue weighted by Crippen LogP contribution is 2.29. The molecule has 3 nitrogen and oxygen atoms in total. The van der Waals surface area contributed by atoms with Crippen molar-refractivity contribution in [3.05, 3.63) is 72.3 Å². The minimum atomic E-state index is -0.421. The SMILES string of the molecule is COc1ccc2ccccc2c1C(=O)Oc1ccccc1. The Bertz CT molecular complexity index is 779. The van der Waals surface area contributed by atoms with Gasteiger partial charge in [-0.3, -0.25) is 0 Å². The molecule has 0 amide bonds. The molecule has 0 unspecified atom stereocenters. The molecule has 0 N–H and O–H groups in total. The number of hydrogen-bond acceptors (Lipinski definition) is 3. The lowest BCUT2D eigenvalue weighted by Crippen LogP contribution is -2.10. The first kappa shape index (κ1) is 13.2. The van der Waals surface area contributed by atoms with Crippen LogP contribution in [0, 0.1) is 0 Å². The summed E-state index contributed by atoms with van der Waals surface area (Å²) < 4.78 is 10.7. The van der Waals surface area contributed by atoms with E-state index in [2.05, 4.69) is 0 Å². The summed E-state index contributed by atoms with van der Waals surface area (Å²) in [5, 5.41) is 1.79. The predicted octanol–water partition coefficient (Wildman–Crippen LogP) is 4.07. The molecule has 3 aromatic rings. The van der Waals surface area contributed by atoms with E-state index in [9.17, 15) is 4.79 Å². The third-order valence-electron chi connectivity index (χ3n) is 3.27. The summed E-state index contributed by atoms with van der Waals surface area (Å²) in [7, 11) is 1.55. The van der Waals surface area contributed by atoms with Crippen LogP contribution in [0.15, 0.2) is 66.7 Å². The molecule has 0 aliphatic rings. The number of rotatable bonds is 3. The van der Waals surface area contributed by atoms with Crippen molar-refractivity contribution in [2.24, 2.45) is 0 Å². The van der Waals surface area contributed by atoms with Crippen molar-refractivity contribution in [2.75, 3.05) is 7.11 Å². The monoisotopic (exact) mass is 278 g/mol. The van der Waals surface area contributed by atoms with Gasteiger partial charge < -0.3 is 9.47 Å². The summed E-state index contributed by atoms with van der Waals surface area (Å²) in [6.07, 6.45) is 0. The Morgan fingerprint density at radius 3 is 2.33 bits per heavy atom. The van der Waals surface area contributed by atoms with E-state index in [0.29, 0.717) is 17.1 Å². The molecule has 21 heavy (non-hydrogen) atoms. The van der Waals surface area contributed by atoms with Crippen molar-refractivity contribution in [1.29, 1.82) is 0 Å². The zero-order valence-electron chi connectivity index (χ0n) is 11.6. The van der Waals surface area contributed by atoms with E-state index in [0.717, 1.165) is 10.8 Å². The molecule has 3 aromatic carbocycles. The average Bonchev–Trinajstić information content (AvgIpc) is 2.54. The van der Waals surface area contributed by atoms with Gasteiger partial charge in [-0.1, -0.05) is 48.5 Å². The van der Waals surface area contributed by atoms with Crippen LogP contribution in [0.25, 0.3) is 10.8 Å². The number of benzene rings is 3. The lowest BCUT2D eigenvalue weighted by atomic mass is 10.0. The van der Waals surface area contributed by atoms with Gasteiger partial charge in [-0.05, 0) is 29.0 Å². The highest BCUT2D eigenvalue weighted by Gasteiger charge is 2.18. The quantitative estimate of drug-likeness (QED) is 0.535. The van der Waals surface area contributed by atoms with Gasteiger partial charge >= 0.3 is 5.97 Å². The molecular formula is C18H14O3. The lowest BCUT2D eigenvalue weighted by molar-refractivity contribution is 0.0733. The third kappa shape index (κ3) is 2.58. The first-order valence-electron chi connectivity index (χ1n) is 6.62. The first-order valence-corrected chi connectivity index (χ1v) is 6.62. The van der Waals surface area contributed by atoms with Crippen LogP contribution >= 0.6 is 0 Å². The normalized spacial score (nSPS) is 10.3. The van der Waals surface area contributed by atoms with Gasteiger partial charge in [0.1, 0.15) is 17.1 Å². The molecule has 0 saturated heterocycles. The standard InChI is InChI=1S/C18H14O3/c1-20-16-12-11-13-7-5-6-10-15(13)17(16)18(19)21-14-8-3-2-4-9-14/h2-12H,1H3. The van der Waals surface area contributed by atoms with Gasteiger partial charge in [-0.25, -0.2) is 4.79 Å². The molecule has 0 bridgehead atoms. The minimum Gasteiger partial charge on any atom is -0.496 e. The molecule has 104 valence electrons. The van der Waals surface area contributed by atoms with Gasteiger partial charge in [0.15, 0.2) is 0 Å². The summed E-state index contributed by atoms with van der Waals surface area (Å²) in [4.78, 5) is 12.5. The summed E-state index contributed by atoms with van der Waals surface area (Å²) in [6, 6.07) is 20.4. The second-order valence-electron chi connectivity index (χ2n) is 4.57. The van der Waals surface area contributed by atoms with Gasteiger partial charge in [0.25, 0.3) is 0 Å². The average molecular weight is 278 g/mol. The Balaban J connectivity index is 2.07. The van der Waals surface area contributed by atoms with E-state index in [4.69, 9.17) is 9.47 Å². The third-order valence-corrected chi connectivity index (χ3v) is 3.27. The van der Waals surface area contributed by atoms with Gasteiger partial charge in [0, 0.05) is 0 Å². The van der Waals surface area contributed by atoms with Gasteiger partial charge in [-0.2, -0.15) is 0 Å². The van der Waals surface area contributed by atoms with E-state index in [1.165, 1.54) is 0 Å². The molecule has 0 fully saturated rings. The Labute approximate surface area is 122 Å². The van der Waals surface area contributed by atoms with Crippen molar-refractivity contribution < 1.29 is 14.3 Å². The summed E-state index contributed by atoms with van der Waals surface area (Å²) >= 11 is 0. The first-order chi connectivity index (χ1) is 10.3. The van der Waals surface area contributed by atoms with Crippen molar-refractivity contribution in [2.45, 2.75) is 0 Å². The Hall–Kier alpha value is -2.81. The van der Waals surface area contributed by atoms with Crippen molar-refractivity contribution >= 4 is 16.7 Å². The van der Waals surface area contributed by atoms with Crippen molar-refractivity contribution in [3.8, 4) is 11.5 Å². The van der Waals surface area contributed by atoms with E-state index < -0.39 is 5.97 Å². The fraction of sp³-hybridized carbons (Fsp3) is 0.0556. The van der Waals surface area contributed by atoms with Crippen molar-refractivity contribution in [3.63, 3.8) is 0 Å². The number of ether oxygens (including phenoxy) is 2. The fourth-order valence-electron chi connectivity index (χ4n) is 2.28. The zero-order chi connectivity index (χ0) is 14.7. The van der Waals surface area contributed by atoms with Crippen LogP contribution < -0.4 is 9.47 Å². The maximum atomic E-state index is 12.5. The predicted molar refractivity (Wildman–Crippen MR) is 81.9 cm³/mol. The van der Waals surface area contributed by atoms with Gasteiger partial charge in [0.05, 0.1) is 7.11 Å². The fourth-order valence-corrected chi connectivity index (χ4v) is 2.28. The van der Waals surface area contributed by atoms with E-state index in [1.807, 2.05) is 48.5 Å². The minimum absolute atomic E-state index is 0.421. The van der Waals surface area contributed by atoms with Crippen LogP contribution in [0.3, 0.4) is 0 Å². The van der Waals surface area contributed by atoms with Crippen LogP contribution in [-0.2, 0) is 0 Å². The zero-order valence-corrected chi connectivity index (χ0v) is 11.6. The molecular weight excluding hydrogens is 264 g/mol. The molecule has 0 aliphatic carbocycles. The number of methoxy groups -OCH3 is 1. The molecule has 0 spiro atoms. The van der Waals surface area contributed by atoms with E-state index in [-0.39, 0.29) is 0 Å². The molecule has 3 heteroatoms. The van der Waals surface area contributed by atoms with Crippen LogP contribution in [0.2, 0.25) is 0 Å². The number of hydrogen-bond donors (Lipinski definition) is 0.